The number of aromatic nitrogens is 1. The Labute approximate surface area is 123 Å². The van der Waals surface area contributed by atoms with Gasteiger partial charge in [-0.05, 0) is 38.5 Å². The average molecular weight is 290 g/mol. The summed E-state index contributed by atoms with van der Waals surface area (Å²) in [5.74, 6) is -0.495. The first kappa shape index (κ1) is 15.4. The molecular weight excluding hydrogens is 271 g/mol. The molecule has 0 radical (unpaired) electrons. The van der Waals surface area contributed by atoms with E-state index in [0.29, 0.717) is 36.5 Å². The van der Waals surface area contributed by atoms with Crippen LogP contribution in [0.2, 0.25) is 0 Å². The Bertz CT molecular complexity index is 643. The van der Waals surface area contributed by atoms with Gasteiger partial charge < -0.3 is 10.1 Å². The summed E-state index contributed by atoms with van der Waals surface area (Å²) in [6.45, 7) is 5.55. The second kappa shape index (κ2) is 7.13. The zero-order chi connectivity index (χ0) is 15.2. The standard InChI is InChI=1S/C16H19FN2O2/c1-3-21-8-4-7-18-16(20)14-9-12-5-6-13(17)10-15(12)19-11(14)2/h5-6,9-10H,3-4,7-8H2,1-2H3,(H,18,20). The highest BCUT2D eigenvalue weighted by Crippen LogP contribution is 2.17. The number of hydrogen-bond acceptors (Lipinski definition) is 3. The van der Waals surface area contributed by atoms with Crippen molar-refractivity contribution in [1.29, 1.82) is 0 Å². The number of nitrogens with one attached hydrogen (secondary N) is 1. The minimum absolute atomic E-state index is 0.164. The summed E-state index contributed by atoms with van der Waals surface area (Å²) in [5, 5.41) is 3.59. The summed E-state index contributed by atoms with van der Waals surface area (Å²) < 4.78 is 18.4. The lowest BCUT2D eigenvalue weighted by Crippen LogP contribution is -2.26. The van der Waals surface area contributed by atoms with Crippen LogP contribution in [0.5, 0.6) is 0 Å². The van der Waals surface area contributed by atoms with Crippen LogP contribution in [0.25, 0.3) is 10.9 Å². The smallest absolute Gasteiger partial charge is 0.253 e. The van der Waals surface area contributed by atoms with Crippen LogP contribution < -0.4 is 5.32 Å². The second-order valence-electron chi connectivity index (χ2n) is 4.76. The van der Waals surface area contributed by atoms with Crippen molar-refractivity contribution >= 4 is 16.8 Å². The summed E-state index contributed by atoms with van der Waals surface area (Å²) in [6.07, 6.45) is 0.769. The molecule has 1 aromatic carbocycles. The number of amides is 1. The monoisotopic (exact) mass is 290 g/mol. The van der Waals surface area contributed by atoms with Crippen molar-refractivity contribution in [2.75, 3.05) is 19.8 Å². The zero-order valence-electron chi connectivity index (χ0n) is 12.3. The van der Waals surface area contributed by atoms with Gasteiger partial charge in [0.15, 0.2) is 0 Å². The number of carbonyl (C=O) groups is 1. The highest BCUT2D eigenvalue weighted by atomic mass is 19.1. The molecule has 0 aliphatic carbocycles. The Hall–Kier alpha value is -2.01. The number of halogens is 1. The van der Waals surface area contributed by atoms with E-state index < -0.39 is 0 Å². The van der Waals surface area contributed by atoms with E-state index in [4.69, 9.17) is 4.74 Å². The molecular formula is C16H19FN2O2. The normalized spacial score (nSPS) is 10.8. The summed E-state index contributed by atoms with van der Waals surface area (Å²) in [5.41, 5.74) is 1.67. The quantitative estimate of drug-likeness (QED) is 0.832. The lowest BCUT2D eigenvalue weighted by Gasteiger charge is -2.09. The van der Waals surface area contributed by atoms with Crippen LogP contribution in [0.15, 0.2) is 24.3 Å². The van der Waals surface area contributed by atoms with E-state index in [1.807, 2.05) is 6.92 Å². The van der Waals surface area contributed by atoms with Crippen LogP contribution in [0.4, 0.5) is 4.39 Å². The van der Waals surface area contributed by atoms with Gasteiger partial charge in [0.25, 0.3) is 5.91 Å². The molecule has 0 unspecified atom stereocenters. The fourth-order valence-corrected chi connectivity index (χ4v) is 2.08. The number of pyridine rings is 1. The minimum atomic E-state index is -0.331. The van der Waals surface area contributed by atoms with Crippen molar-refractivity contribution < 1.29 is 13.9 Å². The molecule has 0 saturated heterocycles. The number of carbonyl (C=O) groups excluding carboxylic acids is 1. The molecule has 5 heteroatoms. The molecule has 0 atom stereocenters. The predicted octanol–water partition coefficient (Wildman–Crippen LogP) is 2.84. The van der Waals surface area contributed by atoms with E-state index >= 15 is 0 Å². The van der Waals surface area contributed by atoms with Gasteiger partial charge in [-0.15, -0.1) is 0 Å². The summed E-state index contributed by atoms with van der Waals surface area (Å²) in [7, 11) is 0. The Balaban J connectivity index is 2.08. The summed E-state index contributed by atoms with van der Waals surface area (Å²) in [4.78, 5) is 16.4. The van der Waals surface area contributed by atoms with E-state index in [2.05, 4.69) is 10.3 Å². The number of benzene rings is 1. The largest absolute Gasteiger partial charge is 0.382 e. The van der Waals surface area contributed by atoms with Crippen molar-refractivity contribution in [3.8, 4) is 0 Å². The number of hydrogen-bond donors (Lipinski definition) is 1. The fraction of sp³-hybridized carbons (Fsp3) is 0.375. The van der Waals surface area contributed by atoms with E-state index in [1.165, 1.54) is 12.1 Å². The Morgan fingerprint density at radius 3 is 2.95 bits per heavy atom. The number of rotatable bonds is 6. The Morgan fingerprint density at radius 2 is 2.19 bits per heavy atom. The molecule has 0 aliphatic heterocycles. The van der Waals surface area contributed by atoms with Gasteiger partial charge in [-0.2, -0.15) is 0 Å². The van der Waals surface area contributed by atoms with Gasteiger partial charge in [0, 0.05) is 31.2 Å². The minimum Gasteiger partial charge on any atom is -0.382 e. The molecule has 2 rings (SSSR count). The van der Waals surface area contributed by atoms with Gasteiger partial charge >= 0.3 is 0 Å². The van der Waals surface area contributed by atoms with Gasteiger partial charge in [-0.3, -0.25) is 9.78 Å². The lowest BCUT2D eigenvalue weighted by atomic mass is 10.1. The van der Waals surface area contributed by atoms with Gasteiger partial charge in [-0.1, -0.05) is 0 Å². The Kier molecular flexibility index (Phi) is 5.22. The highest BCUT2D eigenvalue weighted by Gasteiger charge is 2.11. The molecule has 1 amide bonds. The number of ether oxygens (including phenoxy) is 1. The second-order valence-corrected chi connectivity index (χ2v) is 4.76. The van der Waals surface area contributed by atoms with Crippen molar-refractivity contribution in [3.05, 3.63) is 41.3 Å². The van der Waals surface area contributed by atoms with E-state index in [1.54, 1.807) is 19.1 Å². The van der Waals surface area contributed by atoms with Crippen molar-refractivity contribution in [1.82, 2.24) is 10.3 Å². The van der Waals surface area contributed by atoms with Crippen LogP contribution in [-0.2, 0) is 4.74 Å². The number of aryl methyl sites for hydroxylation is 1. The molecule has 4 nitrogen and oxygen atoms in total. The third kappa shape index (κ3) is 3.98. The maximum atomic E-state index is 13.2. The first-order valence-corrected chi connectivity index (χ1v) is 7.04. The molecule has 0 bridgehead atoms. The molecule has 0 aliphatic rings. The molecule has 1 aromatic heterocycles. The lowest BCUT2D eigenvalue weighted by molar-refractivity contribution is 0.0943. The van der Waals surface area contributed by atoms with Crippen LogP contribution in [-0.4, -0.2) is 30.6 Å². The maximum absolute atomic E-state index is 13.2. The molecule has 1 N–H and O–H groups in total. The number of nitrogens with zero attached hydrogens (tertiary/aromatic N) is 1. The van der Waals surface area contributed by atoms with Gasteiger partial charge in [0.05, 0.1) is 16.8 Å². The topological polar surface area (TPSA) is 51.2 Å². The third-order valence-corrected chi connectivity index (χ3v) is 3.17. The average Bonchev–Trinajstić information content (AvgIpc) is 2.46. The molecule has 112 valence electrons. The highest BCUT2D eigenvalue weighted by molar-refractivity contribution is 5.98. The molecule has 0 fully saturated rings. The van der Waals surface area contributed by atoms with E-state index in [9.17, 15) is 9.18 Å². The molecule has 21 heavy (non-hydrogen) atoms. The van der Waals surface area contributed by atoms with Crippen molar-refractivity contribution in [2.24, 2.45) is 0 Å². The molecule has 2 aromatic rings. The van der Waals surface area contributed by atoms with Crippen LogP contribution in [0, 0.1) is 12.7 Å². The fourth-order valence-electron chi connectivity index (χ4n) is 2.08. The van der Waals surface area contributed by atoms with Gasteiger partial charge in [-0.25, -0.2) is 4.39 Å². The number of fused-ring (bicyclic) bond motifs is 1. The molecule has 1 heterocycles. The predicted molar refractivity (Wildman–Crippen MR) is 79.9 cm³/mol. The van der Waals surface area contributed by atoms with Crippen LogP contribution in [0.3, 0.4) is 0 Å². The first-order valence-electron chi connectivity index (χ1n) is 7.04. The van der Waals surface area contributed by atoms with Gasteiger partial charge in [0.2, 0.25) is 0 Å². The molecule has 0 spiro atoms. The van der Waals surface area contributed by atoms with Gasteiger partial charge in [0.1, 0.15) is 5.82 Å². The maximum Gasteiger partial charge on any atom is 0.253 e. The SMILES string of the molecule is CCOCCCNC(=O)c1cc2ccc(F)cc2nc1C. The Morgan fingerprint density at radius 1 is 1.38 bits per heavy atom. The van der Waals surface area contributed by atoms with Crippen LogP contribution >= 0.6 is 0 Å². The molecule has 0 saturated carbocycles. The van der Waals surface area contributed by atoms with Crippen LogP contribution in [0.1, 0.15) is 29.4 Å². The first-order chi connectivity index (χ1) is 10.1. The van der Waals surface area contributed by atoms with E-state index in [-0.39, 0.29) is 11.7 Å². The van der Waals surface area contributed by atoms with E-state index in [0.717, 1.165) is 11.8 Å². The summed E-state index contributed by atoms with van der Waals surface area (Å²) >= 11 is 0. The third-order valence-electron chi connectivity index (χ3n) is 3.17. The summed E-state index contributed by atoms with van der Waals surface area (Å²) in [6, 6.07) is 6.10. The zero-order valence-corrected chi connectivity index (χ0v) is 12.3. The van der Waals surface area contributed by atoms with Crippen molar-refractivity contribution in [3.63, 3.8) is 0 Å². The van der Waals surface area contributed by atoms with Crippen molar-refractivity contribution in [2.45, 2.75) is 20.3 Å².